The summed E-state index contributed by atoms with van der Waals surface area (Å²) in [6, 6.07) is 17.3. The van der Waals surface area contributed by atoms with Crippen molar-refractivity contribution in [3.63, 3.8) is 0 Å². The van der Waals surface area contributed by atoms with Gasteiger partial charge in [-0.1, -0.05) is 60.7 Å². The Hall–Kier alpha value is -3.54. The lowest BCUT2D eigenvalue weighted by Crippen LogP contribution is -2.73. The van der Waals surface area contributed by atoms with Crippen LogP contribution in [0.15, 0.2) is 84.8 Å². The molecule has 1 saturated carbocycles. The molecular weight excluding hydrogens is 613 g/mol. The van der Waals surface area contributed by atoms with Crippen LogP contribution in [0.1, 0.15) is 43.2 Å². The summed E-state index contributed by atoms with van der Waals surface area (Å²) in [7, 11) is 2.88. The van der Waals surface area contributed by atoms with Gasteiger partial charge in [0.25, 0.3) is 5.91 Å². The van der Waals surface area contributed by atoms with Crippen LogP contribution in [0.3, 0.4) is 0 Å². The number of hydrogen-bond donors (Lipinski definition) is 0. The molecule has 5 fully saturated rings. The Bertz CT molecular complexity index is 1620. The minimum Gasteiger partial charge on any atom is -0.473 e. The average Bonchev–Trinajstić information content (AvgIpc) is 3.58. The molecule has 5 aliphatic heterocycles. The van der Waals surface area contributed by atoms with E-state index in [1.54, 1.807) is 17.2 Å². The average molecular weight is 646 g/mol. The van der Waals surface area contributed by atoms with Crippen molar-refractivity contribution in [3.8, 4) is 0 Å². The smallest absolute Gasteiger partial charge is 0.364 e. The number of nitrogens with zero attached hydrogens (tertiary/aromatic N) is 2. The van der Waals surface area contributed by atoms with Gasteiger partial charge in [0.05, 0.1) is 31.4 Å². The van der Waals surface area contributed by atoms with Gasteiger partial charge in [-0.05, 0) is 42.0 Å². The van der Waals surface area contributed by atoms with E-state index in [4.69, 9.17) is 14.2 Å². The van der Waals surface area contributed by atoms with Crippen molar-refractivity contribution in [2.45, 2.75) is 80.2 Å². The molecule has 2 bridgehead atoms. The highest BCUT2D eigenvalue weighted by atomic mass is 33.1. The molecule has 2 amide bonds. The van der Waals surface area contributed by atoms with E-state index in [0.717, 1.165) is 29.5 Å². The lowest BCUT2D eigenvalue weighted by atomic mass is 9.82. The Morgan fingerprint density at radius 3 is 2.36 bits per heavy atom. The number of amides is 2. The third-order valence-electron chi connectivity index (χ3n) is 10.1. The zero-order chi connectivity index (χ0) is 30.8. The maximum atomic E-state index is 14.9. The van der Waals surface area contributed by atoms with E-state index < -0.39 is 35.1 Å². The van der Waals surface area contributed by atoms with Crippen LogP contribution in [0.25, 0.3) is 0 Å². The molecule has 5 heterocycles. The number of quaternary nitrogens is 1. The number of rotatable bonds is 6. The van der Waals surface area contributed by atoms with Gasteiger partial charge >= 0.3 is 17.8 Å². The van der Waals surface area contributed by atoms with Crippen LogP contribution in [0.4, 0.5) is 0 Å². The zero-order valence-electron chi connectivity index (χ0n) is 24.5. The molecule has 2 aromatic rings. The number of benzene rings is 2. The van der Waals surface area contributed by atoms with E-state index in [2.05, 4.69) is 0 Å². The highest BCUT2D eigenvalue weighted by Gasteiger charge is 2.83. The van der Waals surface area contributed by atoms with Crippen molar-refractivity contribution < 1.29 is 37.3 Å². The Balaban J connectivity index is 1.08. The number of hydrogen-bond acceptors (Lipinski definition) is 9. The number of ether oxygens (including phenoxy) is 3. The summed E-state index contributed by atoms with van der Waals surface area (Å²) in [6.45, 7) is 0. The Morgan fingerprint density at radius 1 is 0.956 bits per heavy atom. The van der Waals surface area contributed by atoms with Gasteiger partial charge in [-0.15, -0.1) is 0 Å². The monoisotopic (exact) mass is 645 g/mol. The molecule has 8 atom stereocenters. The third kappa shape index (κ3) is 4.49. The minimum absolute atomic E-state index is 0.0343. The minimum atomic E-state index is -1.15. The van der Waals surface area contributed by atoms with Crippen molar-refractivity contribution in [3.05, 3.63) is 96.0 Å². The van der Waals surface area contributed by atoms with Crippen LogP contribution >= 0.6 is 21.8 Å². The second-order valence-corrected chi connectivity index (χ2v) is 15.2. The Morgan fingerprint density at radius 2 is 1.64 bits per heavy atom. The zero-order valence-corrected chi connectivity index (χ0v) is 26.1. The van der Waals surface area contributed by atoms with E-state index in [1.165, 1.54) is 28.0 Å². The fraction of sp³-hybridized carbons (Fsp3) is 0.412. The molecular formula is C34H33N2O7S2+. The molecule has 4 saturated heterocycles. The molecule has 232 valence electrons. The summed E-state index contributed by atoms with van der Waals surface area (Å²) < 4.78 is 17.8. The SMILES string of the molecule is O=C(Cc1ccccc1)OC1C=COC=C2CC34SS[N+]5(C3=O)C(CC3CCCC(OC(=O)Cc6ccccc6)C35)C(=O)N4C21. The van der Waals surface area contributed by atoms with Gasteiger partial charge in [-0.25, -0.2) is 4.79 Å². The van der Waals surface area contributed by atoms with Crippen LogP contribution in [0, 0.1) is 5.92 Å². The fourth-order valence-corrected chi connectivity index (χ4v) is 12.5. The molecule has 2 spiro atoms. The molecule has 11 heteroatoms. The van der Waals surface area contributed by atoms with Crippen molar-refractivity contribution in [1.29, 1.82) is 0 Å². The first-order valence-corrected chi connectivity index (χ1v) is 17.6. The molecule has 2 aromatic carbocycles. The van der Waals surface area contributed by atoms with Gasteiger partial charge in [-0.2, -0.15) is 3.89 Å². The second kappa shape index (κ2) is 11.1. The summed E-state index contributed by atoms with van der Waals surface area (Å²) in [5, 5.41) is 0. The predicted molar refractivity (Wildman–Crippen MR) is 166 cm³/mol. The van der Waals surface area contributed by atoms with Gasteiger partial charge in [0.15, 0.2) is 23.1 Å². The maximum absolute atomic E-state index is 14.9. The number of esters is 2. The van der Waals surface area contributed by atoms with E-state index in [1.807, 2.05) is 60.7 Å². The van der Waals surface area contributed by atoms with Crippen molar-refractivity contribution >= 4 is 45.5 Å². The topological polar surface area (TPSA) is 99.2 Å². The van der Waals surface area contributed by atoms with Crippen LogP contribution in [0.5, 0.6) is 0 Å². The van der Waals surface area contributed by atoms with Gasteiger partial charge < -0.3 is 14.2 Å². The molecule has 8 unspecified atom stereocenters. The lowest BCUT2D eigenvalue weighted by molar-refractivity contribution is -0.758. The van der Waals surface area contributed by atoms with Crippen LogP contribution in [-0.2, 0) is 46.2 Å². The maximum Gasteiger partial charge on any atom is 0.364 e. The molecule has 45 heavy (non-hydrogen) atoms. The van der Waals surface area contributed by atoms with Crippen molar-refractivity contribution in [2.24, 2.45) is 5.92 Å². The molecule has 1 aliphatic carbocycles. The van der Waals surface area contributed by atoms with Crippen molar-refractivity contribution in [2.75, 3.05) is 0 Å². The first-order chi connectivity index (χ1) is 21.9. The third-order valence-corrected chi connectivity index (χ3v) is 13.7. The van der Waals surface area contributed by atoms with E-state index in [0.29, 0.717) is 12.8 Å². The number of piperazine rings is 1. The van der Waals surface area contributed by atoms with Crippen molar-refractivity contribution in [1.82, 2.24) is 4.90 Å². The molecule has 6 aliphatic rings. The van der Waals surface area contributed by atoms with Crippen LogP contribution in [-0.4, -0.2) is 67.7 Å². The Labute approximate surface area is 269 Å². The van der Waals surface area contributed by atoms with Gasteiger partial charge in [0, 0.05) is 29.6 Å². The largest absolute Gasteiger partial charge is 0.473 e. The first-order valence-electron chi connectivity index (χ1n) is 15.5. The quantitative estimate of drug-likeness (QED) is 0.193. The fourth-order valence-electron chi connectivity index (χ4n) is 8.37. The second-order valence-electron chi connectivity index (χ2n) is 12.7. The highest BCUT2D eigenvalue weighted by Crippen LogP contribution is 2.70. The standard InChI is InChI=1S/C34H33N2O7S2/c37-28(16-21-8-3-1-4-9-21)42-26-14-15-41-20-24-19-34-33(40)36(45-44-34)25(32(39)35(34)30(24)26)18-23-12-7-13-27(31(23)36)43-29(38)17-22-10-5-2-6-11-22/h1-6,8-11,14-15,20,23,25-27,30-31H,7,12-13,16-19H2/q+1. The number of carbonyl (C=O) groups excluding carboxylic acids is 4. The van der Waals surface area contributed by atoms with Crippen LogP contribution in [0.2, 0.25) is 0 Å². The predicted octanol–water partition coefficient (Wildman–Crippen LogP) is 4.63. The first kappa shape index (κ1) is 28.9. The molecule has 0 N–H and O–H groups in total. The van der Waals surface area contributed by atoms with Gasteiger partial charge in [0.1, 0.15) is 12.1 Å². The van der Waals surface area contributed by atoms with Gasteiger partial charge in [-0.3, -0.25) is 19.3 Å². The summed E-state index contributed by atoms with van der Waals surface area (Å²) >= 11 is 0. The van der Waals surface area contributed by atoms with Gasteiger partial charge in [0.2, 0.25) is 4.87 Å². The summed E-state index contributed by atoms with van der Waals surface area (Å²) in [5.41, 5.74) is 2.46. The number of fused-ring (bicyclic) bond motifs is 3. The lowest BCUT2D eigenvalue weighted by Gasteiger charge is -2.46. The number of carbonyl (C=O) groups is 4. The van der Waals surface area contributed by atoms with E-state index >= 15 is 0 Å². The normalized spacial score (nSPS) is 35.7. The van der Waals surface area contributed by atoms with E-state index in [9.17, 15) is 19.2 Å². The summed E-state index contributed by atoms with van der Waals surface area (Å²) in [6.07, 6.45) is 7.03. The molecule has 0 radical (unpaired) electrons. The molecule has 9 nitrogen and oxygen atoms in total. The molecule has 8 rings (SSSR count). The molecule has 0 aromatic heterocycles. The Kier molecular flexibility index (Phi) is 7.11. The van der Waals surface area contributed by atoms with Crippen LogP contribution < -0.4 is 0 Å². The highest BCUT2D eigenvalue weighted by molar-refractivity contribution is 8.75. The summed E-state index contributed by atoms with van der Waals surface area (Å²) in [5.74, 6) is -0.785. The summed E-state index contributed by atoms with van der Waals surface area (Å²) in [4.78, 5) is 56.4. The van der Waals surface area contributed by atoms with E-state index in [-0.39, 0.29) is 52.9 Å².